The summed E-state index contributed by atoms with van der Waals surface area (Å²) in [5, 5.41) is 0. The van der Waals surface area contributed by atoms with Gasteiger partial charge in [-0.15, -0.1) is 0 Å². The van der Waals surface area contributed by atoms with Gasteiger partial charge in [0, 0.05) is 19.0 Å². The van der Waals surface area contributed by atoms with Crippen molar-refractivity contribution in [3.05, 3.63) is 23.6 Å². The molecule has 3 nitrogen and oxygen atoms in total. The minimum absolute atomic E-state index is 0.00519. The van der Waals surface area contributed by atoms with Gasteiger partial charge >= 0.3 is 0 Å². The Hall–Kier alpha value is -1.45. The molecule has 1 heterocycles. The highest BCUT2D eigenvalue weighted by Crippen LogP contribution is 2.35. The minimum atomic E-state index is -0.431. The summed E-state index contributed by atoms with van der Waals surface area (Å²) in [6.07, 6.45) is 3.22. The third kappa shape index (κ3) is 1.84. The maximum atomic E-state index is 13.8. The SMILES string of the molecule is COc1nccc(C2CCC(=O)C2)c1F. The van der Waals surface area contributed by atoms with E-state index < -0.39 is 5.82 Å². The monoisotopic (exact) mass is 209 g/mol. The lowest BCUT2D eigenvalue weighted by atomic mass is 9.98. The van der Waals surface area contributed by atoms with Crippen molar-refractivity contribution in [2.75, 3.05) is 7.11 Å². The van der Waals surface area contributed by atoms with E-state index in [0.29, 0.717) is 18.4 Å². The Labute approximate surface area is 87.3 Å². The molecule has 0 bridgehead atoms. The van der Waals surface area contributed by atoms with Crippen molar-refractivity contribution in [1.82, 2.24) is 4.98 Å². The summed E-state index contributed by atoms with van der Waals surface area (Å²) >= 11 is 0. The molecule has 4 heteroatoms. The molecule has 1 saturated carbocycles. The van der Waals surface area contributed by atoms with E-state index in [1.165, 1.54) is 13.3 Å². The van der Waals surface area contributed by atoms with Crippen molar-refractivity contribution in [3.8, 4) is 5.88 Å². The fourth-order valence-corrected chi connectivity index (χ4v) is 1.98. The van der Waals surface area contributed by atoms with E-state index in [2.05, 4.69) is 4.98 Å². The quantitative estimate of drug-likeness (QED) is 0.748. The van der Waals surface area contributed by atoms with Crippen LogP contribution in [0.4, 0.5) is 4.39 Å². The molecule has 0 radical (unpaired) electrons. The van der Waals surface area contributed by atoms with Crippen LogP contribution in [0.1, 0.15) is 30.7 Å². The first-order valence-electron chi connectivity index (χ1n) is 4.92. The van der Waals surface area contributed by atoms with Crippen LogP contribution in [0.3, 0.4) is 0 Å². The second-order valence-electron chi connectivity index (χ2n) is 3.70. The van der Waals surface area contributed by atoms with Crippen LogP contribution in [-0.4, -0.2) is 17.9 Å². The lowest BCUT2D eigenvalue weighted by Gasteiger charge is -2.11. The van der Waals surface area contributed by atoms with E-state index in [-0.39, 0.29) is 17.6 Å². The number of halogens is 1. The van der Waals surface area contributed by atoms with E-state index in [1.54, 1.807) is 6.07 Å². The van der Waals surface area contributed by atoms with Gasteiger partial charge in [0.05, 0.1) is 7.11 Å². The molecule has 0 spiro atoms. The molecule has 1 aromatic heterocycles. The van der Waals surface area contributed by atoms with E-state index in [9.17, 15) is 9.18 Å². The molecule has 0 N–H and O–H groups in total. The Morgan fingerprint density at radius 2 is 2.40 bits per heavy atom. The number of carbonyl (C=O) groups is 1. The fourth-order valence-electron chi connectivity index (χ4n) is 1.98. The smallest absolute Gasteiger partial charge is 0.250 e. The molecule has 0 saturated heterocycles. The number of methoxy groups -OCH3 is 1. The molecular weight excluding hydrogens is 197 g/mol. The van der Waals surface area contributed by atoms with Gasteiger partial charge in [-0.05, 0) is 24.0 Å². The predicted octanol–water partition coefficient (Wildman–Crippen LogP) is 2.07. The van der Waals surface area contributed by atoms with Gasteiger partial charge < -0.3 is 4.74 Å². The van der Waals surface area contributed by atoms with Gasteiger partial charge in [-0.1, -0.05) is 0 Å². The zero-order valence-corrected chi connectivity index (χ0v) is 8.50. The molecule has 1 atom stereocenters. The van der Waals surface area contributed by atoms with Crippen molar-refractivity contribution >= 4 is 5.78 Å². The number of aromatic nitrogens is 1. The van der Waals surface area contributed by atoms with E-state index in [4.69, 9.17) is 4.74 Å². The third-order valence-corrected chi connectivity index (χ3v) is 2.77. The van der Waals surface area contributed by atoms with Crippen LogP contribution >= 0.6 is 0 Å². The topological polar surface area (TPSA) is 39.2 Å². The highest BCUT2D eigenvalue weighted by atomic mass is 19.1. The summed E-state index contributed by atoms with van der Waals surface area (Å²) in [6, 6.07) is 1.63. The van der Waals surface area contributed by atoms with Crippen LogP contribution in [0, 0.1) is 5.82 Å². The Kier molecular flexibility index (Phi) is 2.66. The van der Waals surface area contributed by atoms with Crippen LogP contribution in [0.25, 0.3) is 0 Å². The zero-order valence-electron chi connectivity index (χ0n) is 8.50. The molecular formula is C11H12FNO2. The van der Waals surface area contributed by atoms with Crippen molar-refractivity contribution in [2.24, 2.45) is 0 Å². The lowest BCUT2D eigenvalue weighted by molar-refractivity contribution is -0.117. The van der Waals surface area contributed by atoms with Gasteiger partial charge in [-0.2, -0.15) is 0 Å². The summed E-state index contributed by atoms with van der Waals surface area (Å²) < 4.78 is 18.6. The van der Waals surface area contributed by atoms with Gasteiger partial charge in [0.2, 0.25) is 5.88 Å². The Morgan fingerprint density at radius 1 is 1.60 bits per heavy atom. The van der Waals surface area contributed by atoms with Crippen molar-refractivity contribution in [1.29, 1.82) is 0 Å². The summed E-state index contributed by atoms with van der Waals surface area (Å²) in [6.45, 7) is 0. The predicted molar refractivity (Wildman–Crippen MR) is 52.3 cm³/mol. The maximum absolute atomic E-state index is 13.8. The number of nitrogens with zero attached hydrogens (tertiary/aromatic N) is 1. The average Bonchev–Trinajstić information content (AvgIpc) is 2.65. The molecule has 80 valence electrons. The van der Waals surface area contributed by atoms with Crippen LogP contribution in [0.15, 0.2) is 12.3 Å². The normalized spacial score (nSPS) is 20.7. The number of carbonyl (C=O) groups excluding carboxylic acids is 1. The van der Waals surface area contributed by atoms with Crippen molar-refractivity contribution < 1.29 is 13.9 Å². The Bertz CT molecular complexity index is 392. The number of hydrogen-bond donors (Lipinski definition) is 0. The minimum Gasteiger partial charge on any atom is -0.479 e. The van der Waals surface area contributed by atoms with Crippen LogP contribution in [0.5, 0.6) is 5.88 Å². The highest BCUT2D eigenvalue weighted by molar-refractivity contribution is 5.81. The van der Waals surface area contributed by atoms with Gasteiger partial charge in [0.15, 0.2) is 5.82 Å². The number of hydrogen-bond acceptors (Lipinski definition) is 3. The van der Waals surface area contributed by atoms with E-state index in [1.807, 2.05) is 0 Å². The molecule has 1 fully saturated rings. The van der Waals surface area contributed by atoms with Gasteiger partial charge in [-0.25, -0.2) is 9.37 Å². The molecule has 0 amide bonds. The Balaban J connectivity index is 2.32. The zero-order chi connectivity index (χ0) is 10.8. The maximum Gasteiger partial charge on any atom is 0.250 e. The molecule has 15 heavy (non-hydrogen) atoms. The van der Waals surface area contributed by atoms with E-state index in [0.717, 1.165) is 6.42 Å². The van der Waals surface area contributed by atoms with Crippen LogP contribution < -0.4 is 4.74 Å². The first-order chi connectivity index (χ1) is 7.22. The van der Waals surface area contributed by atoms with Crippen molar-refractivity contribution in [3.63, 3.8) is 0 Å². The molecule has 0 aromatic carbocycles. The number of ether oxygens (including phenoxy) is 1. The molecule has 1 aliphatic carbocycles. The molecule has 1 unspecified atom stereocenters. The first kappa shape index (κ1) is 10.1. The second-order valence-corrected chi connectivity index (χ2v) is 3.70. The molecule has 0 aliphatic heterocycles. The number of pyridine rings is 1. The molecule has 1 aliphatic rings. The Morgan fingerprint density at radius 3 is 3.00 bits per heavy atom. The number of Topliss-reactive ketones (excluding diaryl/α,β-unsaturated/α-hetero) is 1. The number of ketones is 1. The van der Waals surface area contributed by atoms with Crippen LogP contribution in [0.2, 0.25) is 0 Å². The standard InChI is InChI=1S/C11H12FNO2/c1-15-11-10(12)9(4-5-13-11)7-2-3-8(14)6-7/h4-5,7H,2-3,6H2,1H3. The average molecular weight is 209 g/mol. The lowest BCUT2D eigenvalue weighted by Crippen LogP contribution is -2.01. The second kappa shape index (κ2) is 3.96. The van der Waals surface area contributed by atoms with Gasteiger partial charge in [0.1, 0.15) is 5.78 Å². The van der Waals surface area contributed by atoms with Gasteiger partial charge in [0.25, 0.3) is 0 Å². The first-order valence-corrected chi connectivity index (χ1v) is 4.92. The van der Waals surface area contributed by atoms with Crippen LogP contribution in [-0.2, 0) is 4.79 Å². The van der Waals surface area contributed by atoms with Crippen molar-refractivity contribution in [2.45, 2.75) is 25.2 Å². The summed E-state index contributed by atoms with van der Waals surface area (Å²) in [5.74, 6) is -0.226. The summed E-state index contributed by atoms with van der Waals surface area (Å²) in [5.41, 5.74) is 0.549. The number of rotatable bonds is 2. The van der Waals surface area contributed by atoms with E-state index >= 15 is 0 Å². The summed E-state index contributed by atoms with van der Waals surface area (Å²) in [4.78, 5) is 14.9. The largest absolute Gasteiger partial charge is 0.479 e. The fraction of sp³-hybridized carbons (Fsp3) is 0.455. The molecule has 1 aromatic rings. The third-order valence-electron chi connectivity index (χ3n) is 2.77. The molecule has 2 rings (SSSR count). The van der Waals surface area contributed by atoms with Gasteiger partial charge in [-0.3, -0.25) is 4.79 Å². The summed E-state index contributed by atoms with van der Waals surface area (Å²) in [7, 11) is 1.38. The highest BCUT2D eigenvalue weighted by Gasteiger charge is 2.27.